The first-order valence-corrected chi connectivity index (χ1v) is 5.16. The molecular formula is C11H14ClNO2. The lowest BCUT2D eigenvalue weighted by molar-refractivity contribution is -0.139. The van der Waals surface area contributed by atoms with E-state index in [2.05, 4.69) is 5.32 Å². The summed E-state index contributed by atoms with van der Waals surface area (Å²) >= 11 is 5.94. The number of nitrogens with one attached hydrogen (secondary N) is 1. The van der Waals surface area contributed by atoms with E-state index in [1.807, 2.05) is 19.9 Å². The second-order valence-electron chi connectivity index (χ2n) is 3.34. The van der Waals surface area contributed by atoms with Crippen molar-refractivity contribution in [2.45, 2.75) is 19.9 Å². The molecule has 1 rings (SSSR count). The van der Waals surface area contributed by atoms with Gasteiger partial charge in [-0.2, -0.15) is 0 Å². The Morgan fingerprint density at radius 1 is 1.60 bits per heavy atom. The van der Waals surface area contributed by atoms with Crippen LogP contribution >= 0.6 is 11.6 Å². The summed E-state index contributed by atoms with van der Waals surface area (Å²) in [6.07, 6.45) is 0. The number of hydrogen-bond donors (Lipinski definition) is 2. The summed E-state index contributed by atoms with van der Waals surface area (Å²) in [5.74, 6) is -0.892. The third kappa shape index (κ3) is 2.94. The number of hydrogen-bond acceptors (Lipinski definition) is 2. The number of halogens is 1. The van der Waals surface area contributed by atoms with Crippen molar-refractivity contribution in [1.82, 2.24) is 5.32 Å². The van der Waals surface area contributed by atoms with Gasteiger partial charge in [-0.1, -0.05) is 30.7 Å². The molecule has 1 atom stereocenters. The average molecular weight is 228 g/mol. The zero-order valence-corrected chi connectivity index (χ0v) is 9.51. The molecule has 0 aliphatic carbocycles. The lowest BCUT2D eigenvalue weighted by atomic mass is 10.1. The second kappa shape index (κ2) is 5.14. The van der Waals surface area contributed by atoms with Gasteiger partial charge in [-0.05, 0) is 30.7 Å². The number of rotatable bonds is 4. The molecule has 4 heteroatoms. The summed E-state index contributed by atoms with van der Waals surface area (Å²) < 4.78 is 0. The molecule has 0 heterocycles. The summed E-state index contributed by atoms with van der Waals surface area (Å²) in [6.45, 7) is 4.35. The Labute approximate surface area is 94.1 Å². The predicted molar refractivity (Wildman–Crippen MR) is 60.2 cm³/mol. The first-order chi connectivity index (χ1) is 7.06. The van der Waals surface area contributed by atoms with Crippen molar-refractivity contribution in [1.29, 1.82) is 0 Å². The highest BCUT2D eigenvalue weighted by molar-refractivity contribution is 6.31. The van der Waals surface area contributed by atoms with E-state index >= 15 is 0 Å². The van der Waals surface area contributed by atoms with Crippen molar-refractivity contribution < 1.29 is 9.90 Å². The van der Waals surface area contributed by atoms with Gasteiger partial charge in [0.15, 0.2) is 0 Å². The maximum Gasteiger partial charge on any atom is 0.325 e. The van der Waals surface area contributed by atoms with Crippen LogP contribution in [0.1, 0.15) is 24.1 Å². The molecule has 0 amide bonds. The van der Waals surface area contributed by atoms with Crippen LogP contribution in [0.4, 0.5) is 0 Å². The van der Waals surface area contributed by atoms with Gasteiger partial charge in [0.2, 0.25) is 0 Å². The highest BCUT2D eigenvalue weighted by Gasteiger charge is 2.18. The van der Waals surface area contributed by atoms with Crippen molar-refractivity contribution >= 4 is 17.6 Å². The Morgan fingerprint density at radius 2 is 2.27 bits per heavy atom. The molecule has 82 valence electrons. The van der Waals surface area contributed by atoms with Crippen molar-refractivity contribution in [2.24, 2.45) is 0 Å². The van der Waals surface area contributed by atoms with Crippen molar-refractivity contribution in [3.63, 3.8) is 0 Å². The number of aryl methyl sites for hydroxylation is 1. The standard InChI is InChI=1S/C11H14ClNO2/c1-3-13-10(11(14)15)8-5-4-7(2)9(12)6-8/h4-6,10,13H,3H2,1-2H3,(H,14,15). The van der Waals surface area contributed by atoms with Crippen molar-refractivity contribution in [2.75, 3.05) is 6.54 Å². The fourth-order valence-electron chi connectivity index (χ4n) is 1.34. The molecule has 0 fully saturated rings. The van der Waals surface area contributed by atoms with E-state index < -0.39 is 12.0 Å². The monoisotopic (exact) mass is 227 g/mol. The highest BCUT2D eigenvalue weighted by Crippen LogP contribution is 2.21. The summed E-state index contributed by atoms with van der Waals surface area (Å²) in [7, 11) is 0. The minimum Gasteiger partial charge on any atom is -0.480 e. The van der Waals surface area contributed by atoms with Gasteiger partial charge in [0.1, 0.15) is 6.04 Å². The molecule has 1 aromatic carbocycles. The van der Waals surface area contributed by atoms with E-state index in [9.17, 15) is 4.79 Å². The number of carboxylic acids is 1. The fraction of sp³-hybridized carbons (Fsp3) is 0.364. The summed E-state index contributed by atoms with van der Waals surface area (Å²) in [5.41, 5.74) is 1.63. The minimum absolute atomic E-state index is 0.594. The molecule has 0 saturated carbocycles. The normalized spacial score (nSPS) is 12.5. The molecule has 2 N–H and O–H groups in total. The first-order valence-electron chi connectivity index (χ1n) is 4.78. The first kappa shape index (κ1) is 12.0. The number of aliphatic carboxylic acids is 1. The molecule has 3 nitrogen and oxygen atoms in total. The summed E-state index contributed by atoms with van der Waals surface area (Å²) in [4.78, 5) is 11.0. The molecule has 0 radical (unpaired) electrons. The van der Waals surface area contributed by atoms with Crippen LogP contribution in [0.3, 0.4) is 0 Å². The average Bonchev–Trinajstić information content (AvgIpc) is 2.18. The van der Waals surface area contributed by atoms with Crippen LogP contribution in [0.15, 0.2) is 18.2 Å². The van der Waals surface area contributed by atoms with E-state index in [0.717, 1.165) is 5.56 Å². The zero-order valence-electron chi connectivity index (χ0n) is 8.75. The Hall–Kier alpha value is -1.06. The van der Waals surface area contributed by atoms with E-state index in [0.29, 0.717) is 17.1 Å². The van der Waals surface area contributed by atoms with Gasteiger partial charge in [-0.25, -0.2) is 0 Å². The van der Waals surface area contributed by atoms with Crippen LogP contribution < -0.4 is 5.32 Å². The van der Waals surface area contributed by atoms with Crippen LogP contribution in [0.2, 0.25) is 5.02 Å². The largest absolute Gasteiger partial charge is 0.480 e. The number of likely N-dealkylation sites (N-methyl/N-ethyl adjacent to an activating group) is 1. The van der Waals surface area contributed by atoms with E-state index in [1.54, 1.807) is 12.1 Å². The molecule has 0 bridgehead atoms. The third-order valence-corrected chi connectivity index (χ3v) is 2.59. The van der Waals surface area contributed by atoms with Gasteiger partial charge in [-0.15, -0.1) is 0 Å². The Morgan fingerprint density at radius 3 is 2.73 bits per heavy atom. The van der Waals surface area contributed by atoms with Crippen molar-refractivity contribution in [3.8, 4) is 0 Å². The SMILES string of the molecule is CCNC(C(=O)O)c1ccc(C)c(Cl)c1. The summed E-state index contributed by atoms with van der Waals surface area (Å²) in [6, 6.07) is 4.61. The Balaban J connectivity index is 3.01. The van der Waals surface area contributed by atoms with E-state index in [1.165, 1.54) is 0 Å². The van der Waals surface area contributed by atoms with Crippen LogP contribution in [-0.2, 0) is 4.79 Å². The quantitative estimate of drug-likeness (QED) is 0.831. The molecule has 0 aliphatic rings. The maximum absolute atomic E-state index is 11.0. The van der Waals surface area contributed by atoms with Gasteiger partial charge in [0, 0.05) is 5.02 Å². The fourth-order valence-corrected chi connectivity index (χ4v) is 1.53. The van der Waals surface area contributed by atoms with Crippen LogP contribution in [0.5, 0.6) is 0 Å². The Bertz CT molecular complexity index is 366. The topological polar surface area (TPSA) is 49.3 Å². The van der Waals surface area contributed by atoms with E-state index in [4.69, 9.17) is 16.7 Å². The number of carbonyl (C=O) groups is 1. The maximum atomic E-state index is 11.0. The molecule has 1 aromatic rings. The predicted octanol–water partition coefficient (Wildman–Crippen LogP) is 2.38. The van der Waals surface area contributed by atoms with Gasteiger partial charge in [0.05, 0.1) is 0 Å². The highest BCUT2D eigenvalue weighted by atomic mass is 35.5. The van der Waals surface area contributed by atoms with Gasteiger partial charge >= 0.3 is 5.97 Å². The van der Waals surface area contributed by atoms with Gasteiger partial charge in [0.25, 0.3) is 0 Å². The second-order valence-corrected chi connectivity index (χ2v) is 3.74. The van der Waals surface area contributed by atoms with E-state index in [-0.39, 0.29) is 0 Å². The van der Waals surface area contributed by atoms with Gasteiger partial charge in [-0.3, -0.25) is 4.79 Å². The Kier molecular flexibility index (Phi) is 4.12. The lowest BCUT2D eigenvalue weighted by Crippen LogP contribution is -2.28. The third-order valence-electron chi connectivity index (χ3n) is 2.18. The molecule has 0 aliphatic heterocycles. The molecule has 0 spiro atoms. The molecule has 1 unspecified atom stereocenters. The number of carboxylic acid groups (broad SMARTS) is 1. The molecule has 0 aromatic heterocycles. The zero-order chi connectivity index (χ0) is 11.4. The van der Waals surface area contributed by atoms with Gasteiger partial charge < -0.3 is 10.4 Å². The molecular weight excluding hydrogens is 214 g/mol. The minimum atomic E-state index is -0.892. The molecule has 0 saturated heterocycles. The number of benzene rings is 1. The summed E-state index contributed by atoms with van der Waals surface area (Å²) in [5, 5.41) is 12.5. The van der Waals surface area contributed by atoms with Crippen molar-refractivity contribution in [3.05, 3.63) is 34.3 Å². The smallest absolute Gasteiger partial charge is 0.325 e. The van der Waals surface area contributed by atoms with Crippen LogP contribution in [0.25, 0.3) is 0 Å². The van der Waals surface area contributed by atoms with Crippen LogP contribution in [-0.4, -0.2) is 17.6 Å². The van der Waals surface area contributed by atoms with Crippen LogP contribution in [0, 0.1) is 6.92 Å². The lowest BCUT2D eigenvalue weighted by Gasteiger charge is -2.14. The molecule has 15 heavy (non-hydrogen) atoms.